The molecule has 7 nitrogen and oxygen atoms in total. The molecule has 3 heterocycles. The summed E-state index contributed by atoms with van der Waals surface area (Å²) in [5, 5.41) is 0.498. The zero-order valence-corrected chi connectivity index (χ0v) is 12.9. The number of carbonyl (C=O) groups is 2. The van der Waals surface area contributed by atoms with Gasteiger partial charge in [0, 0.05) is 18.8 Å². The molecule has 0 bridgehead atoms. The van der Waals surface area contributed by atoms with Gasteiger partial charge in [-0.3, -0.25) is 23.9 Å². The topological polar surface area (TPSA) is 88.1 Å². The predicted molar refractivity (Wildman–Crippen MR) is 86.9 cm³/mol. The van der Waals surface area contributed by atoms with E-state index in [0.717, 1.165) is 5.69 Å². The molecule has 0 aliphatic carbocycles. The SMILES string of the molecule is Cc1cc2c(=O)n(CCN3C(=O)c4ccccc4C3=O)cnc2[nH]1. The number of benzene rings is 1. The first-order valence-corrected chi connectivity index (χ1v) is 7.56. The van der Waals surface area contributed by atoms with E-state index in [-0.39, 0.29) is 30.5 Å². The molecule has 0 saturated carbocycles. The lowest BCUT2D eigenvalue weighted by Gasteiger charge is -2.14. The number of H-pyrrole nitrogens is 1. The lowest BCUT2D eigenvalue weighted by Crippen LogP contribution is -2.35. The second-order valence-corrected chi connectivity index (χ2v) is 5.77. The number of fused-ring (bicyclic) bond motifs is 2. The van der Waals surface area contributed by atoms with Crippen LogP contribution in [0.3, 0.4) is 0 Å². The molecule has 120 valence electrons. The summed E-state index contributed by atoms with van der Waals surface area (Å²) in [6.45, 7) is 2.19. The van der Waals surface area contributed by atoms with E-state index in [1.54, 1.807) is 30.3 Å². The van der Waals surface area contributed by atoms with Crippen LogP contribution in [0.25, 0.3) is 11.0 Å². The lowest BCUT2D eigenvalue weighted by atomic mass is 10.1. The largest absolute Gasteiger partial charge is 0.343 e. The van der Waals surface area contributed by atoms with Crippen LogP contribution in [0, 0.1) is 6.92 Å². The van der Waals surface area contributed by atoms with Crippen molar-refractivity contribution in [3.63, 3.8) is 0 Å². The monoisotopic (exact) mass is 322 g/mol. The van der Waals surface area contributed by atoms with Gasteiger partial charge in [-0.05, 0) is 25.1 Å². The van der Waals surface area contributed by atoms with Gasteiger partial charge >= 0.3 is 0 Å². The quantitative estimate of drug-likeness (QED) is 0.737. The van der Waals surface area contributed by atoms with E-state index < -0.39 is 0 Å². The van der Waals surface area contributed by atoms with Crippen molar-refractivity contribution >= 4 is 22.8 Å². The highest BCUT2D eigenvalue weighted by atomic mass is 16.2. The summed E-state index contributed by atoms with van der Waals surface area (Å²) in [4.78, 5) is 45.5. The first kappa shape index (κ1) is 14.4. The number of aromatic nitrogens is 3. The van der Waals surface area contributed by atoms with E-state index in [1.165, 1.54) is 15.8 Å². The Morgan fingerprint density at radius 2 is 1.71 bits per heavy atom. The Bertz CT molecular complexity index is 1010. The average molecular weight is 322 g/mol. The van der Waals surface area contributed by atoms with Gasteiger partial charge in [0.2, 0.25) is 0 Å². The Hall–Kier alpha value is -3.22. The number of imide groups is 1. The van der Waals surface area contributed by atoms with Crippen molar-refractivity contribution in [1.29, 1.82) is 0 Å². The molecule has 0 spiro atoms. The standard InChI is InChI=1S/C17H14N4O3/c1-10-8-13-14(19-10)18-9-20(15(13)22)6-7-21-16(23)11-4-2-3-5-12(11)17(21)24/h2-5,8-9,19H,6-7H2,1H3. The number of aromatic amines is 1. The molecule has 1 N–H and O–H groups in total. The number of nitrogens with one attached hydrogen (secondary N) is 1. The van der Waals surface area contributed by atoms with Crippen molar-refractivity contribution in [3.8, 4) is 0 Å². The van der Waals surface area contributed by atoms with Crippen molar-refractivity contribution in [2.45, 2.75) is 13.5 Å². The summed E-state index contributed by atoms with van der Waals surface area (Å²) >= 11 is 0. The molecule has 0 atom stereocenters. The van der Waals surface area contributed by atoms with Crippen LogP contribution in [-0.4, -0.2) is 37.8 Å². The number of aryl methyl sites for hydroxylation is 1. The zero-order valence-electron chi connectivity index (χ0n) is 12.9. The third-order valence-corrected chi connectivity index (χ3v) is 4.19. The van der Waals surface area contributed by atoms with Gasteiger partial charge in [-0.2, -0.15) is 0 Å². The Kier molecular flexibility index (Phi) is 3.09. The maximum Gasteiger partial charge on any atom is 0.262 e. The molecule has 0 radical (unpaired) electrons. The first-order valence-electron chi connectivity index (χ1n) is 7.56. The third-order valence-electron chi connectivity index (χ3n) is 4.19. The van der Waals surface area contributed by atoms with Gasteiger partial charge in [0.1, 0.15) is 5.65 Å². The Labute approximate surface area is 136 Å². The minimum atomic E-state index is -0.324. The van der Waals surface area contributed by atoms with Crippen molar-refractivity contribution < 1.29 is 9.59 Å². The predicted octanol–water partition coefficient (Wildman–Crippen LogP) is 1.33. The summed E-state index contributed by atoms with van der Waals surface area (Å²) in [6, 6.07) is 8.47. The molecular weight excluding hydrogens is 308 g/mol. The normalized spacial score (nSPS) is 13.8. The molecule has 0 saturated heterocycles. The maximum atomic E-state index is 12.4. The van der Waals surface area contributed by atoms with Gasteiger partial charge in [-0.25, -0.2) is 4.98 Å². The van der Waals surface area contributed by atoms with Crippen LogP contribution in [-0.2, 0) is 6.54 Å². The average Bonchev–Trinajstić information content (AvgIpc) is 3.07. The minimum absolute atomic E-state index is 0.128. The van der Waals surface area contributed by atoms with Gasteiger partial charge in [-0.15, -0.1) is 0 Å². The minimum Gasteiger partial charge on any atom is -0.343 e. The highest BCUT2D eigenvalue weighted by molar-refractivity contribution is 6.21. The molecule has 3 aromatic rings. The van der Waals surface area contributed by atoms with E-state index in [9.17, 15) is 14.4 Å². The third kappa shape index (κ3) is 2.05. The summed E-state index contributed by atoms with van der Waals surface area (Å²) in [6.07, 6.45) is 1.43. The van der Waals surface area contributed by atoms with Crippen molar-refractivity contribution in [2.24, 2.45) is 0 Å². The van der Waals surface area contributed by atoms with E-state index in [2.05, 4.69) is 9.97 Å². The summed E-state index contributed by atoms with van der Waals surface area (Å²) in [5.41, 5.74) is 2.01. The highest BCUT2D eigenvalue weighted by Gasteiger charge is 2.34. The molecule has 0 unspecified atom stereocenters. The fourth-order valence-electron chi connectivity index (χ4n) is 2.98. The number of amides is 2. The van der Waals surface area contributed by atoms with E-state index in [1.807, 2.05) is 6.92 Å². The molecular formula is C17H14N4O3. The van der Waals surface area contributed by atoms with Crippen LogP contribution in [0.5, 0.6) is 0 Å². The summed E-state index contributed by atoms with van der Waals surface area (Å²) < 4.78 is 1.42. The highest BCUT2D eigenvalue weighted by Crippen LogP contribution is 2.22. The van der Waals surface area contributed by atoms with Gasteiger partial charge in [0.05, 0.1) is 22.8 Å². The first-order chi connectivity index (χ1) is 11.6. The molecule has 1 aliphatic rings. The van der Waals surface area contributed by atoms with Crippen LogP contribution in [0.4, 0.5) is 0 Å². The Morgan fingerprint density at radius 3 is 2.38 bits per heavy atom. The summed E-state index contributed by atoms with van der Waals surface area (Å²) in [7, 11) is 0. The molecule has 1 aliphatic heterocycles. The molecule has 0 fully saturated rings. The summed E-state index contributed by atoms with van der Waals surface area (Å²) in [5.74, 6) is -0.648. The lowest BCUT2D eigenvalue weighted by molar-refractivity contribution is 0.0648. The van der Waals surface area contributed by atoms with Crippen LogP contribution >= 0.6 is 0 Å². The van der Waals surface area contributed by atoms with Gasteiger partial charge < -0.3 is 4.98 Å². The number of carbonyl (C=O) groups excluding carboxylic acids is 2. The molecule has 4 rings (SSSR count). The smallest absolute Gasteiger partial charge is 0.262 e. The van der Waals surface area contributed by atoms with Crippen LogP contribution < -0.4 is 5.56 Å². The number of hydrogen-bond acceptors (Lipinski definition) is 4. The molecule has 2 aromatic heterocycles. The van der Waals surface area contributed by atoms with Crippen molar-refractivity contribution in [2.75, 3.05) is 6.54 Å². The molecule has 2 amide bonds. The van der Waals surface area contributed by atoms with E-state index >= 15 is 0 Å². The molecule has 1 aromatic carbocycles. The molecule has 7 heteroatoms. The Balaban J connectivity index is 1.60. The maximum absolute atomic E-state index is 12.4. The van der Waals surface area contributed by atoms with Gasteiger partial charge in [0.15, 0.2) is 0 Å². The zero-order chi connectivity index (χ0) is 16.8. The molecule has 24 heavy (non-hydrogen) atoms. The number of nitrogens with zero attached hydrogens (tertiary/aromatic N) is 3. The van der Waals surface area contributed by atoms with Crippen LogP contribution in [0.15, 0.2) is 41.5 Å². The number of rotatable bonds is 3. The fraction of sp³-hybridized carbons (Fsp3) is 0.176. The van der Waals surface area contributed by atoms with Crippen LogP contribution in [0.2, 0.25) is 0 Å². The fourth-order valence-corrected chi connectivity index (χ4v) is 2.98. The second-order valence-electron chi connectivity index (χ2n) is 5.77. The van der Waals surface area contributed by atoms with Crippen molar-refractivity contribution in [1.82, 2.24) is 19.4 Å². The van der Waals surface area contributed by atoms with Gasteiger partial charge in [-0.1, -0.05) is 12.1 Å². The Morgan fingerprint density at radius 1 is 1.04 bits per heavy atom. The van der Waals surface area contributed by atoms with Crippen molar-refractivity contribution in [3.05, 3.63) is 63.8 Å². The second kappa shape index (κ2) is 5.16. The van der Waals surface area contributed by atoms with Crippen LogP contribution in [0.1, 0.15) is 26.4 Å². The van der Waals surface area contributed by atoms with E-state index in [4.69, 9.17) is 0 Å². The van der Waals surface area contributed by atoms with E-state index in [0.29, 0.717) is 22.2 Å². The van der Waals surface area contributed by atoms with Gasteiger partial charge in [0.25, 0.3) is 17.4 Å². The number of hydrogen-bond donors (Lipinski definition) is 1.